The lowest BCUT2D eigenvalue weighted by Gasteiger charge is -2.27. The maximum Gasteiger partial charge on any atom is 0.338 e. The number of benzene rings is 2. The Morgan fingerprint density at radius 2 is 1.55 bits per heavy atom. The number of unbranched alkanes of at least 4 members (excludes halogenated alkanes) is 1. The summed E-state index contributed by atoms with van der Waals surface area (Å²) in [6.07, 6.45) is 11.0. The predicted octanol–water partition coefficient (Wildman–Crippen LogP) is 5.56. The fourth-order valence-corrected chi connectivity index (χ4v) is 4.51. The summed E-state index contributed by atoms with van der Waals surface area (Å²) in [6.45, 7) is 2.40. The van der Waals surface area contributed by atoms with Crippen LogP contribution in [0.5, 0.6) is 5.75 Å². The van der Waals surface area contributed by atoms with Gasteiger partial charge in [-0.2, -0.15) is 0 Å². The van der Waals surface area contributed by atoms with Crippen molar-refractivity contribution >= 4 is 35.4 Å². The molecule has 3 rings (SSSR count). The molecule has 0 heterocycles. The van der Waals surface area contributed by atoms with Crippen molar-refractivity contribution in [2.24, 2.45) is 11.8 Å². The molecule has 0 amide bonds. The van der Waals surface area contributed by atoms with Crippen LogP contribution in [0.3, 0.4) is 0 Å². The van der Waals surface area contributed by atoms with Crippen molar-refractivity contribution in [3.63, 3.8) is 0 Å². The van der Waals surface area contributed by atoms with Crippen molar-refractivity contribution in [2.75, 3.05) is 24.7 Å². The van der Waals surface area contributed by atoms with Gasteiger partial charge < -0.3 is 25.7 Å². The molecular weight excluding hydrogens is 484 g/mol. The van der Waals surface area contributed by atoms with E-state index in [9.17, 15) is 14.4 Å². The van der Waals surface area contributed by atoms with E-state index < -0.39 is 11.9 Å². The normalized spacial score (nSPS) is 17.2. The van der Waals surface area contributed by atoms with Crippen molar-refractivity contribution in [2.45, 2.75) is 58.3 Å². The van der Waals surface area contributed by atoms with Gasteiger partial charge in [0.25, 0.3) is 0 Å². The molecule has 0 aliphatic heterocycles. The molecule has 0 radical (unpaired) electrons. The second-order valence-electron chi connectivity index (χ2n) is 9.73. The molecule has 1 aliphatic rings. The van der Waals surface area contributed by atoms with Gasteiger partial charge in [-0.15, -0.1) is 0 Å². The number of ether oxygens (including phenoxy) is 3. The SMILES string of the molecule is CCCCC1CCC(C(=O)Oc2ccc(/C=C/C(=O)OCCCOC(=O)c3cc(N)cc(N)c3)cc2)CC1. The molecule has 4 N–H and O–H groups in total. The number of nitrogen functional groups attached to an aromatic ring is 2. The fraction of sp³-hybridized carbons (Fsp3) is 0.433. The highest BCUT2D eigenvalue weighted by molar-refractivity contribution is 5.91. The van der Waals surface area contributed by atoms with Gasteiger partial charge in [0.15, 0.2) is 0 Å². The highest BCUT2D eigenvalue weighted by Gasteiger charge is 2.27. The van der Waals surface area contributed by atoms with E-state index in [1.807, 2.05) is 0 Å². The Morgan fingerprint density at radius 1 is 0.895 bits per heavy atom. The average molecular weight is 523 g/mol. The van der Waals surface area contributed by atoms with E-state index in [-0.39, 0.29) is 30.7 Å². The van der Waals surface area contributed by atoms with Gasteiger partial charge in [-0.05, 0) is 73.6 Å². The summed E-state index contributed by atoms with van der Waals surface area (Å²) in [7, 11) is 0. The number of nitrogens with two attached hydrogens (primary N) is 2. The smallest absolute Gasteiger partial charge is 0.338 e. The molecule has 38 heavy (non-hydrogen) atoms. The molecular formula is C30H38N2O6. The number of anilines is 2. The van der Waals surface area contributed by atoms with Crippen molar-refractivity contribution in [1.29, 1.82) is 0 Å². The monoisotopic (exact) mass is 522 g/mol. The summed E-state index contributed by atoms with van der Waals surface area (Å²) >= 11 is 0. The number of carbonyl (C=O) groups is 3. The Labute approximate surface area is 224 Å². The topological polar surface area (TPSA) is 131 Å². The third kappa shape index (κ3) is 9.57. The molecule has 0 unspecified atom stereocenters. The van der Waals surface area contributed by atoms with Crippen molar-refractivity contribution in [1.82, 2.24) is 0 Å². The van der Waals surface area contributed by atoms with Gasteiger partial charge in [-0.25, -0.2) is 9.59 Å². The van der Waals surface area contributed by atoms with E-state index in [2.05, 4.69) is 6.92 Å². The average Bonchev–Trinajstić information content (AvgIpc) is 2.91. The van der Waals surface area contributed by atoms with Crippen LogP contribution in [0.25, 0.3) is 6.08 Å². The number of esters is 3. The zero-order valence-corrected chi connectivity index (χ0v) is 22.0. The summed E-state index contributed by atoms with van der Waals surface area (Å²) in [5, 5.41) is 0. The minimum absolute atomic E-state index is 0.0262. The molecule has 8 nitrogen and oxygen atoms in total. The van der Waals surface area contributed by atoms with E-state index in [1.165, 1.54) is 37.5 Å². The highest BCUT2D eigenvalue weighted by atomic mass is 16.5. The quantitative estimate of drug-likeness (QED) is 0.122. The molecule has 1 aliphatic carbocycles. The van der Waals surface area contributed by atoms with Gasteiger partial charge in [-0.1, -0.05) is 38.3 Å². The molecule has 0 atom stereocenters. The molecule has 1 saturated carbocycles. The largest absolute Gasteiger partial charge is 0.462 e. The lowest BCUT2D eigenvalue weighted by Crippen LogP contribution is -2.25. The van der Waals surface area contributed by atoms with E-state index >= 15 is 0 Å². The number of carbonyl (C=O) groups excluding carboxylic acids is 3. The first-order chi connectivity index (χ1) is 18.3. The van der Waals surface area contributed by atoms with Crippen molar-refractivity contribution in [3.8, 4) is 5.75 Å². The van der Waals surface area contributed by atoms with Gasteiger partial charge in [0, 0.05) is 23.9 Å². The van der Waals surface area contributed by atoms with E-state index in [0.29, 0.717) is 23.5 Å². The maximum absolute atomic E-state index is 12.5. The Balaban J connectivity index is 1.32. The maximum atomic E-state index is 12.5. The summed E-state index contributed by atoms with van der Waals surface area (Å²) in [5.41, 5.74) is 13.2. The molecule has 0 spiro atoms. The van der Waals surface area contributed by atoms with Gasteiger partial charge in [0.05, 0.1) is 24.7 Å². The Bertz CT molecular complexity index is 1080. The summed E-state index contributed by atoms with van der Waals surface area (Å²) in [6, 6.07) is 11.5. The zero-order valence-electron chi connectivity index (χ0n) is 22.0. The van der Waals surface area contributed by atoms with Gasteiger partial charge >= 0.3 is 17.9 Å². The van der Waals surface area contributed by atoms with Crippen molar-refractivity contribution in [3.05, 3.63) is 59.7 Å². The lowest BCUT2D eigenvalue weighted by molar-refractivity contribution is -0.140. The Morgan fingerprint density at radius 3 is 2.21 bits per heavy atom. The first-order valence-electron chi connectivity index (χ1n) is 13.3. The Hall–Kier alpha value is -3.81. The molecule has 204 valence electrons. The number of hydrogen-bond acceptors (Lipinski definition) is 8. The minimum Gasteiger partial charge on any atom is -0.462 e. The van der Waals surface area contributed by atoms with Crippen LogP contribution in [-0.2, 0) is 19.1 Å². The van der Waals surface area contributed by atoms with Crippen LogP contribution in [-0.4, -0.2) is 31.1 Å². The number of rotatable bonds is 12. The molecule has 2 aromatic carbocycles. The van der Waals surface area contributed by atoms with E-state index in [0.717, 1.165) is 37.2 Å². The van der Waals surface area contributed by atoms with Crippen LogP contribution >= 0.6 is 0 Å². The lowest BCUT2D eigenvalue weighted by atomic mass is 9.80. The van der Waals surface area contributed by atoms with Crippen LogP contribution in [0.4, 0.5) is 11.4 Å². The van der Waals surface area contributed by atoms with Gasteiger partial charge in [-0.3, -0.25) is 4.79 Å². The van der Waals surface area contributed by atoms with Gasteiger partial charge in [0.2, 0.25) is 0 Å². The second kappa shape index (κ2) is 14.8. The third-order valence-electron chi connectivity index (χ3n) is 6.64. The molecule has 1 fully saturated rings. The summed E-state index contributed by atoms with van der Waals surface area (Å²) in [4.78, 5) is 36.5. The van der Waals surface area contributed by atoms with Crippen LogP contribution in [0.1, 0.15) is 74.2 Å². The fourth-order valence-electron chi connectivity index (χ4n) is 4.51. The third-order valence-corrected chi connectivity index (χ3v) is 6.64. The van der Waals surface area contributed by atoms with Crippen LogP contribution in [0.15, 0.2) is 48.5 Å². The first kappa shape index (κ1) is 28.8. The molecule has 8 heteroatoms. The Kier molecular flexibility index (Phi) is 11.2. The highest BCUT2D eigenvalue weighted by Crippen LogP contribution is 2.33. The minimum atomic E-state index is -0.542. The standard InChI is InChI=1S/C30H38N2O6/c1-2-3-5-21-6-11-23(12-7-21)30(35)38-27-13-8-22(9-14-27)10-15-28(33)36-16-4-17-37-29(34)24-18-25(31)20-26(32)19-24/h8-10,13-15,18-21,23H,2-7,11-12,16-17,31-32H2,1H3/b15-10+. The predicted molar refractivity (Wildman–Crippen MR) is 147 cm³/mol. The zero-order chi connectivity index (χ0) is 27.3. The van der Waals surface area contributed by atoms with Crippen LogP contribution < -0.4 is 16.2 Å². The number of hydrogen-bond donors (Lipinski definition) is 2. The molecule has 2 aromatic rings. The van der Waals surface area contributed by atoms with Crippen LogP contribution in [0, 0.1) is 11.8 Å². The summed E-state index contributed by atoms with van der Waals surface area (Å²) < 4.78 is 15.9. The molecule has 0 aromatic heterocycles. The first-order valence-corrected chi connectivity index (χ1v) is 13.3. The summed E-state index contributed by atoms with van der Waals surface area (Å²) in [5.74, 6) is 0.00657. The molecule has 0 saturated heterocycles. The second-order valence-corrected chi connectivity index (χ2v) is 9.73. The molecule has 0 bridgehead atoms. The van der Waals surface area contributed by atoms with Gasteiger partial charge in [0.1, 0.15) is 5.75 Å². The van der Waals surface area contributed by atoms with Crippen molar-refractivity contribution < 1.29 is 28.6 Å². The van der Waals surface area contributed by atoms with E-state index in [1.54, 1.807) is 36.4 Å². The van der Waals surface area contributed by atoms with E-state index in [4.69, 9.17) is 25.7 Å². The van der Waals surface area contributed by atoms with Crippen LogP contribution in [0.2, 0.25) is 0 Å².